The van der Waals surface area contributed by atoms with Crippen LogP contribution in [0.25, 0.3) is 11.0 Å². The SMILES string of the molecule is O=C(NCC[C@@H](O)c1cc2ccccc2o1)Nc1cccs1. The highest BCUT2D eigenvalue weighted by Gasteiger charge is 2.13. The second-order valence-corrected chi connectivity index (χ2v) is 5.80. The van der Waals surface area contributed by atoms with Crippen LogP contribution in [0.2, 0.25) is 0 Å². The third-order valence-corrected chi connectivity index (χ3v) is 4.02. The highest BCUT2D eigenvalue weighted by molar-refractivity contribution is 7.14. The van der Waals surface area contributed by atoms with Gasteiger partial charge < -0.3 is 14.8 Å². The summed E-state index contributed by atoms with van der Waals surface area (Å²) in [6.07, 6.45) is -0.355. The lowest BCUT2D eigenvalue weighted by atomic mass is 10.2. The average molecular weight is 316 g/mol. The minimum Gasteiger partial charge on any atom is -0.458 e. The van der Waals surface area contributed by atoms with Crippen LogP contribution in [-0.4, -0.2) is 17.7 Å². The molecule has 0 unspecified atom stereocenters. The number of carbonyl (C=O) groups excluding carboxylic acids is 1. The Kier molecular flexibility index (Phi) is 4.41. The van der Waals surface area contributed by atoms with Gasteiger partial charge in [0.25, 0.3) is 0 Å². The van der Waals surface area contributed by atoms with Gasteiger partial charge in [0, 0.05) is 11.9 Å². The van der Waals surface area contributed by atoms with Gasteiger partial charge in [-0.1, -0.05) is 18.2 Å². The smallest absolute Gasteiger partial charge is 0.319 e. The molecule has 0 aliphatic heterocycles. The Balaban J connectivity index is 1.49. The summed E-state index contributed by atoms with van der Waals surface area (Å²) in [5.74, 6) is 0.515. The number of amides is 2. The number of fused-ring (bicyclic) bond motifs is 1. The van der Waals surface area contributed by atoms with E-state index in [2.05, 4.69) is 10.6 Å². The van der Waals surface area contributed by atoms with Gasteiger partial charge in [-0.15, -0.1) is 11.3 Å². The Bertz CT molecular complexity index is 719. The van der Waals surface area contributed by atoms with Gasteiger partial charge in [-0.2, -0.15) is 0 Å². The Labute approximate surface area is 131 Å². The zero-order chi connectivity index (χ0) is 15.4. The van der Waals surface area contributed by atoms with Gasteiger partial charge in [0.2, 0.25) is 0 Å². The summed E-state index contributed by atoms with van der Waals surface area (Å²) in [6.45, 7) is 0.357. The number of aliphatic hydroxyl groups excluding tert-OH is 1. The van der Waals surface area contributed by atoms with E-state index in [1.165, 1.54) is 11.3 Å². The van der Waals surface area contributed by atoms with Crippen LogP contribution in [0.3, 0.4) is 0 Å². The molecule has 114 valence electrons. The van der Waals surface area contributed by atoms with Crippen molar-refractivity contribution in [1.82, 2.24) is 5.32 Å². The van der Waals surface area contributed by atoms with Crippen molar-refractivity contribution >= 4 is 33.3 Å². The molecule has 1 aromatic carbocycles. The maximum atomic E-state index is 11.6. The lowest BCUT2D eigenvalue weighted by Gasteiger charge is -2.09. The second kappa shape index (κ2) is 6.64. The Hall–Kier alpha value is -2.31. The first-order valence-electron chi connectivity index (χ1n) is 6.97. The molecule has 2 heterocycles. The fraction of sp³-hybridized carbons (Fsp3) is 0.188. The number of aliphatic hydroxyl groups is 1. The van der Waals surface area contributed by atoms with E-state index >= 15 is 0 Å². The molecule has 0 fully saturated rings. The van der Waals surface area contributed by atoms with Crippen LogP contribution in [0.1, 0.15) is 18.3 Å². The predicted molar refractivity (Wildman–Crippen MR) is 87.1 cm³/mol. The van der Waals surface area contributed by atoms with Gasteiger partial charge >= 0.3 is 6.03 Å². The minimum atomic E-state index is -0.741. The van der Waals surface area contributed by atoms with Crippen LogP contribution in [0.15, 0.2) is 52.3 Å². The quantitative estimate of drug-likeness (QED) is 0.671. The number of furan rings is 1. The summed E-state index contributed by atoms with van der Waals surface area (Å²) in [6, 6.07) is 12.8. The van der Waals surface area contributed by atoms with Crippen LogP contribution >= 0.6 is 11.3 Å². The molecule has 3 aromatic rings. The van der Waals surface area contributed by atoms with Gasteiger partial charge in [0.05, 0.1) is 5.00 Å². The third-order valence-electron chi connectivity index (χ3n) is 3.23. The molecule has 0 saturated heterocycles. The van der Waals surface area contributed by atoms with E-state index in [0.29, 0.717) is 18.7 Å². The van der Waals surface area contributed by atoms with E-state index in [-0.39, 0.29) is 6.03 Å². The number of nitrogens with one attached hydrogen (secondary N) is 2. The number of thiophene rings is 1. The Morgan fingerprint density at radius 3 is 2.91 bits per heavy atom. The van der Waals surface area contributed by atoms with E-state index in [4.69, 9.17) is 4.42 Å². The predicted octanol–water partition coefficient (Wildman–Crippen LogP) is 3.74. The number of rotatable bonds is 5. The molecule has 0 aliphatic rings. The molecule has 0 radical (unpaired) electrons. The normalized spacial score (nSPS) is 12.2. The van der Waals surface area contributed by atoms with Gasteiger partial charge in [-0.3, -0.25) is 5.32 Å². The number of para-hydroxylation sites is 1. The van der Waals surface area contributed by atoms with Crippen LogP contribution in [-0.2, 0) is 0 Å². The minimum absolute atomic E-state index is 0.278. The van der Waals surface area contributed by atoms with Crippen molar-refractivity contribution in [3.8, 4) is 0 Å². The van der Waals surface area contributed by atoms with Gasteiger partial charge in [-0.25, -0.2) is 4.79 Å². The molecule has 5 nitrogen and oxygen atoms in total. The first kappa shape index (κ1) is 14.6. The summed E-state index contributed by atoms with van der Waals surface area (Å²) in [4.78, 5) is 11.6. The van der Waals surface area contributed by atoms with Gasteiger partial charge in [0.15, 0.2) is 0 Å². The van der Waals surface area contributed by atoms with Gasteiger partial charge in [-0.05, 0) is 36.1 Å². The molecule has 2 amide bonds. The van der Waals surface area contributed by atoms with E-state index in [1.807, 2.05) is 47.8 Å². The third kappa shape index (κ3) is 3.47. The zero-order valence-corrected chi connectivity index (χ0v) is 12.6. The van der Waals surface area contributed by atoms with Crippen LogP contribution in [0, 0.1) is 0 Å². The number of hydrogen-bond acceptors (Lipinski definition) is 4. The van der Waals surface area contributed by atoms with Crippen LogP contribution in [0.5, 0.6) is 0 Å². The first-order chi connectivity index (χ1) is 10.7. The summed E-state index contributed by atoms with van der Waals surface area (Å²) >= 11 is 1.45. The highest BCUT2D eigenvalue weighted by Crippen LogP contribution is 2.25. The van der Waals surface area contributed by atoms with Crippen molar-refractivity contribution in [2.75, 3.05) is 11.9 Å². The lowest BCUT2D eigenvalue weighted by Crippen LogP contribution is -2.29. The number of hydrogen-bond donors (Lipinski definition) is 3. The van der Waals surface area contributed by atoms with Crippen molar-refractivity contribution in [2.45, 2.75) is 12.5 Å². The molecule has 6 heteroatoms. The monoisotopic (exact) mass is 316 g/mol. The molecule has 0 bridgehead atoms. The van der Waals surface area contributed by atoms with Crippen LogP contribution < -0.4 is 10.6 Å². The molecule has 0 saturated carbocycles. The molecule has 22 heavy (non-hydrogen) atoms. The van der Waals surface area contributed by atoms with Crippen molar-refractivity contribution in [3.05, 3.63) is 53.6 Å². The number of carbonyl (C=O) groups is 1. The fourth-order valence-corrected chi connectivity index (χ4v) is 2.75. The molecule has 1 atom stereocenters. The second-order valence-electron chi connectivity index (χ2n) is 4.85. The van der Waals surface area contributed by atoms with E-state index in [0.717, 1.165) is 16.0 Å². The summed E-state index contributed by atoms with van der Waals surface area (Å²) in [5, 5.41) is 19.2. The van der Waals surface area contributed by atoms with Crippen molar-refractivity contribution < 1.29 is 14.3 Å². The molecule has 3 rings (SSSR count). The highest BCUT2D eigenvalue weighted by atomic mass is 32.1. The molecular weight excluding hydrogens is 300 g/mol. The molecule has 0 spiro atoms. The Morgan fingerprint density at radius 2 is 2.14 bits per heavy atom. The number of urea groups is 1. The fourth-order valence-electron chi connectivity index (χ4n) is 2.14. The zero-order valence-electron chi connectivity index (χ0n) is 11.8. The number of anilines is 1. The average Bonchev–Trinajstić information content (AvgIpc) is 3.15. The van der Waals surface area contributed by atoms with E-state index in [1.54, 1.807) is 0 Å². The largest absolute Gasteiger partial charge is 0.458 e. The maximum Gasteiger partial charge on any atom is 0.319 e. The maximum absolute atomic E-state index is 11.6. The molecule has 2 aromatic heterocycles. The van der Waals surface area contributed by atoms with Crippen molar-refractivity contribution in [1.29, 1.82) is 0 Å². The molecule has 0 aliphatic carbocycles. The summed E-state index contributed by atoms with van der Waals surface area (Å²) in [5.41, 5.74) is 0.750. The van der Waals surface area contributed by atoms with Crippen LogP contribution in [0.4, 0.5) is 9.80 Å². The summed E-state index contributed by atoms with van der Waals surface area (Å²) < 4.78 is 5.60. The molecule has 3 N–H and O–H groups in total. The Morgan fingerprint density at radius 1 is 1.27 bits per heavy atom. The van der Waals surface area contributed by atoms with Crippen molar-refractivity contribution in [3.63, 3.8) is 0 Å². The van der Waals surface area contributed by atoms with E-state index in [9.17, 15) is 9.90 Å². The standard InChI is InChI=1S/C16H16N2O3S/c19-12(14-10-11-4-1-2-5-13(11)21-14)7-8-17-16(20)18-15-6-3-9-22-15/h1-6,9-10,12,19H,7-8H2,(H2,17,18,20)/t12-/m1/s1. The lowest BCUT2D eigenvalue weighted by molar-refractivity contribution is 0.143. The van der Waals surface area contributed by atoms with Crippen molar-refractivity contribution in [2.24, 2.45) is 0 Å². The molecular formula is C16H16N2O3S. The summed E-state index contributed by atoms with van der Waals surface area (Å²) in [7, 11) is 0. The number of benzene rings is 1. The topological polar surface area (TPSA) is 74.5 Å². The van der Waals surface area contributed by atoms with E-state index < -0.39 is 6.10 Å². The van der Waals surface area contributed by atoms with Gasteiger partial charge in [0.1, 0.15) is 17.4 Å². The first-order valence-corrected chi connectivity index (χ1v) is 7.85.